The van der Waals surface area contributed by atoms with E-state index in [2.05, 4.69) is 4.72 Å². The molecule has 0 aliphatic heterocycles. The van der Waals surface area contributed by atoms with Gasteiger partial charge in [-0.2, -0.15) is 0 Å². The summed E-state index contributed by atoms with van der Waals surface area (Å²) in [6.07, 6.45) is 0. The summed E-state index contributed by atoms with van der Waals surface area (Å²) in [6.45, 7) is 10.0. The Morgan fingerprint density at radius 2 is 1.70 bits per heavy atom. The molecule has 6 heteroatoms. The van der Waals surface area contributed by atoms with Crippen molar-refractivity contribution in [2.45, 2.75) is 46.1 Å². The molecule has 0 fully saturated rings. The highest BCUT2D eigenvalue weighted by molar-refractivity contribution is 7.89. The zero-order valence-electron chi connectivity index (χ0n) is 14.2. The summed E-state index contributed by atoms with van der Waals surface area (Å²) in [5.74, 6) is 2.24. The fraction of sp³-hybridized carbons (Fsp3) is 0.412. The highest BCUT2D eigenvalue weighted by Crippen LogP contribution is 2.27. The number of sulfonamides is 1. The van der Waals surface area contributed by atoms with Gasteiger partial charge in [0, 0.05) is 12.1 Å². The third kappa shape index (κ3) is 3.95. The second-order valence-electron chi connectivity index (χ2n) is 5.58. The van der Waals surface area contributed by atoms with E-state index in [1.54, 1.807) is 12.1 Å². The molecule has 0 saturated carbocycles. The first-order valence-electron chi connectivity index (χ1n) is 7.54. The molecule has 23 heavy (non-hydrogen) atoms. The highest BCUT2D eigenvalue weighted by Gasteiger charge is 2.18. The standard InChI is InChI=1S/C17H23NO4S/c1-6-21-17-11(2)7-16(8-12(17)3)23(19,20)18-10-15-9-13(4)22-14(15)5/h7-9,18H,6,10H2,1-5H3. The van der Waals surface area contributed by atoms with Gasteiger partial charge in [-0.1, -0.05) is 0 Å². The molecular weight excluding hydrogens is 314 g/mol. The third-order valence-electron chi connectivity index (χ3n) is 3.63. The maximum Gasteiger partial charge on any atom is 0.240 e. The molecule has 5 nitrogen and oxygen atoms in total. The van der Waals surface area contributed by atoms with Crippen molar-refractivity contribution in [1.82, 2.24) is 4.72 Å². The summed E-state index contributed by atoms with van der Waals surface area (Å²) in [7, 11) is -3.59. The lowest BCUT2D eigenvalue weighted by atomic mass is 10.1. The van der Waals surface area contributed by atoms with Crippen LogP contribution in [-0.4, -0.2) is 15.0 Å². The van der Waals surface area contributed by atoms with Gasteiger partial charge in [0.2, 0.25) is 10.0 Å². The summed E-state index contributed by atoms with van der Waals surface area (Å²) >= 11 is 0. The molecule has 126 valence electrons. The molecule has 0 atom stereocenters. The molecule has 0 bridgehead atoms. The Labute approximate surface area is 137 Å². The minimum atomic E-state index is -3.59. The number of hydrogen-bond donors (Lipinski definition) is 1. The first-order valence-corrected chi connectivity index (χ1v) is 9.02. The Balaban J connectivity index is 2.24. The van der Waals surface area contributed by atoms with Gasteiger partial charge in [0.25, 0.3) is 0 Å². The fourth-order valence-electron chi connectivity index (χ4n) is 2.55. The largest absolute Gasteiger partial charge is 0.493 e. The maximum atomic E-state index is 12.5. The summed E-state index contributed by atoms with van der Waals surface area (Å²) < 4.78 is 38.6. The zero-order valence-corrected chi connectivity index (χ0v) is 15.0. The molecule has 0 unspecified atom stereocenters. The molecule has 1 aromatic carbocycles. The predicted octanol–water partition coefficient (Wildman–Crippen LogP) is 3.39. The van der Waals surface area contributed by atoms with Crippen molar-refractivity contribution in [1.29, 1.82) is 0 Å². The quantitative estimate of drug-likeness (QED) is 0.877. The Kier molecular flexibility index (Phi) is 5.16. The van der Waals surface area contributed by atoms with Crippen LogP contribution in [0.25, 0.3) is 0 Å². The Morgan fingerprint density at radius 1 is 1.09 bits per heavy atom. The van der Waals surface area contributed by atoms with Gasteiger partial charge < -0.3 is 9.15 Å². The van der Waals surface area contributed by atoms with Crippen LogP contribution in [0.2, 0.25) is 0 Å². The van der Waals surface area contributed by atoms with Crippen molar-refractivity contribution < 1.29 is 17.6 Å². The maximum absolute atomic E-state index is 12.5. The van der Waals surface area contributed by atoms with E-state index < -0.39 is 10.0 Å². The number of hydrogen-bond acceptors (Lipinski definition) is 4. The van der Waals surface area contributed by atoms with Crippen molar-refractivity contribution >= 4 is 10.0 Å². The van der Waals surface area contributed by atoms with E-state index in [1.807, 2.05) is 40.7 Å². The van der Waals surface area contributed by atoms with Crippen LogP contribution in [0.1, 0.15) is 35.1 Å². The number of nitrogens with one attached hydrogen (secondary N) is 1. The van der Waals surface area contributed by atoms with Gasteiger partial charge >= 0.3 is 0 Å². The van der Waals surface area contributed by atoms with Crippen molar-refractivity contribution in [2.24, 2.45) is 0 Å². The van der Waals surface area contributed by atoms with Crippen molar-refractivity contribution in [3.63, 3.8) is 0 Å². The van der Waals surface area contributed by atoms with Crippen LogP contribution < -0.4 is 9.46 Å². The normalized spacial score (nSPS) is 11.7. The van der Waals surface area contributed by atoms with Crippen LogP contribution in [0, 0.1) is 27.7 Å². The lowest BCUT2D eigenvalue weighted by Gasteiger charge is -2.13. The van der Waals surface area contributed by atoms with Gasteiger partial charge in [0.1, 0.15) is 17.3 Å². The van der Waals surface area contributed by atoms with Crippen LogP contribution in [0.4, 0.5) is 0 Å². The minimum Gasteiger partial charge on any atom is -0.493 e. The molecule has 0 saturated heterocycles. The molecule has 1 N–H and O–H groups in total. The van der Waals surface area contributed by atoms with E-state index >= 15 is 0 Å². The predicted molar refractivity (Wildman–Crippen MR) is 89.3 cm³/mol. The fourth-order valence-corrected chi connectivity index (χ4v) is 3.73. The number of aryl methyl sites for hydroxylation is 4. The summed E-state index contributed by atoms with van der Waals surface area (Å²) in [5.41, 5.74) is 2.45. The van der Waals surface area contributed by atoms with Crippen LogP contribution in [0.3, 0.4) is 0 Å². The van der Waals surface area contributed by atoms with Crippen LogP contribution >= 0.6 is 0 Å². The van der Waals surface area contributed by atoms with Crippen molar-refractivity contribution in [3.8, 4) is 5.75 Å². The molecule has 0 amide bonds. The molecule has 0 aliphatic carbocycles. The average Bonchev–Trinajstić information content (AvgIpc) is 2.78. The first kappa shape index (κ1) is 17.6. The minimum absolute atomic E-state index is 0.205. The average molecular weight is 337 g/mol. The lowest BCUT2D eigenvalue weighted by Crippen LogP contribution is -2.23. The van der Waals surface area contributed by atoms with Crippen molar-refractivity contribution in [2.75, 3.05) is 6.61 Å². The molecular formula is C17H23NO4S. The van der Waals surface area contributed by atoms with E-state index in [4.69, 9.17) is 9.15 Å². The monoisotopic (exact) mass is 337 g/mol. The summed E-state index contributed by atoms with van der Waals surface area (Å²) in [5, 5.41) is 0. The number of rotatable bonds is 6. The van der Waals surface area contributed by atoms with Gasteiger partial charge in [0.05, 0.1) is 11.5 Å². The lowest BCUT2D eigenvalue weighted by molar-refractivity contribution is 0.335. The SMILES string of the molecule is CCOc1c(C)cc(S(=O)(=O)NCc2cc(C)oc2C)cc1C. The van der Waals surface area contributed by atoms with Gasteiger partial charge in [-0.25, -0.2) is 13.1 Å². The molecule has 1 aromatic heterocycles. The summed E-state index contributed by atoms with van der Waals surface area (Å²) in [4.78, 5) is 0.244. The second-order valence-corrected chi connectivity index (χ2v) is 7.35. The van der Waals surface area contributed by atoms with Crippen LogP contribution in [0.15, 0.2) is 27.5 Å². The summed E-state index contributed by atoms with van der Waals surface area (Å²) in [6, 6.07) is 5.11. The third-order valence-corrected chi connectivity index (χ3v) is 5.01. The van der Waals surface area contributed by atoms with E-state index in [-0.39, 0.29) is 11.4 Å². The van der Waals surface area contributed by atoms with E-state index in [0.29, 0.717) is 6.61 Å². The first-order chi connectivity index (χ1) is 10.7. The Morgan fingerprint density at radius 3 is 2.17 bits per heavy atom. The second kappa shape index (κ2) is 6.76. The highest BCUT2D eigenvalue weighted by atomic mass is 32.2. The van der Waals surface area contributed by atoms with E-state index in [0.717, 1.165) is 34.0 Å². The van der Waals surface area contributed by atoms with E-state index in [9.17, 15) is 8.42 Å². The number of benzene rings is 1. The van der Waals surface area contributed by atoms with Crippen LogP contribution in [0.5, 0.6) is 5.75 Å². The molecule has 2 aromatic rings. The Hall–Kier alpha value is -1.79. The molecule has 1 heterocycles. The van der Waals surface area contributed by atoms with Crippen LogP contribution in [-0.2, 0) is 16.6 Å². The molecule has 0 aliphatic rings. The van der Waals surface area contributed by atoms with E-state index in [1.165, 1.54) is 0 Å². The van der Waals surface area contributed by atoms with Crippen molar-refractivity contribution in [3.05, 3.63) is 46.4 Å². The topological polar surface area (TPSA) is 68.5 Å². The van der Waals surface area contributed by atoms with Gasteiger partial charge in [-0.05, 0) is 63.9 Å². The molecule has 0 spiro atoms. The smallest absolute Gasteiger partial charge is 0.240 e. The van der Waals surface area contributed by atoms with Gasteiger partial charge in [-0.15, -0.1) is 0 Å². The zero-order chi connectivity index (χ0) is 17.2. The molecule has 2 rings (SSSR count). The Bertz CT molecular complexity index is 783. The molecule has 0 radical (unpaired) electrons. The number of ether oxygens (including phenoxy) is 1. The van der Waals surface area contributed by atoms with Gasteiger partial charge in [0.15, 0.2) is 0 Å². The van der Waals surface area contributed by atoms with Gasteiger partial charge in [-0.3, -0.25) is 0 Å². The number of furan rings is 1.